The number of aryl methyl sites for hydroxylation is 1. The highest BCUT2D eigenvalue weighted by atomic mass is 16.5. The van der Waals surface area contributed by atoms with Gasteiger partial charge in [-0.3, -0.25) is 0 Å². The largest absolute Gasteiger partial charge is 0.378 e. The summed E-state index contributed by atoms with van der Waals surface area (Å²) in [5, 5.41) is 8.49. The topological polar surface area (TPSA) is 41.5 Å². The molecule has 0 aliphatic carbocycles. The van der Waals surface area contributed by atoms with Crippen LogP contribution in [0.1, 0.15) is 31.4 Å². The van der Waals surface area contributed by atoms with Gasteiger partial charge in [0.15, 0.2) is 5.82 Å². The lowest BCUT2D eigenvalue weighted by Gasteiger charge is -2.23. The first-order chi connectivity index (χ1) is 10.3. The Labute approximate surface area is 127 Å². The van der Waals surface area contributed by atoms with E-state index in [0.717, 1.165) is 44.3 Å². The molecule has 1 unspecified atom stereocenters. The van der Waals surface area contributed by atoms with Crippen molar-refractivity contribution >= 4 is 5.82 Å². The molecule has 0 aromatic carbocycles. The third-order valence-corrected chi connectivity index (χ3v) is 4.49. The molecule has 1 aromatic heterocycles. The number of hydrogen-bond donors (Lipinski definition) is 0. The van der Waals surface area contributed by atoms with Gasteiger partial charge < -0.3 is 14.5 Å². The van der Waals surface area contributed by atoms with E-state index < -0.39 is 0 Å². The summed E-state index contributed by atoms with van der Waals surface area (Å²) in [6.07, 6.45) is 5.38. The van der Waals surface area contributed by atoms with Crippen molar-refractivity contribution in [2.75, 3.05) is 44.2 Å². The number of anilines is 1. The van der Waals surface area contributed by atoms with Crippen molar-refractivity contribution in [3.05, 3.63) is 17.8 Å². The van der Waals surface area contributed by atoms with Crippen LogP contribution in [0.25, 0.3) is 0 Å². The summed E-state index contributed by atoms with van der Waals surface area (Å²) in [5.41, 5.74) is 0.978. The molecule has 2 saturated heterocycles. The predicted molar refractivity (Wildman–Crippen MR) is 83.6 cm³/mol. The van der Waals surface area contributed by atoms with E-state index in [0.29, 0.717) is 6.10 Å². The van der Waals surface area contributed by atoms with E-state index in [2.05, 4.69) is 26.1 Å². The van der Waals surface area contributed by atoms with Crippen LogP contribution < -0.4 is 4.90 Å². The van der Waals surface area contributed by atoms with Gasteiger partial charge in [-0.15, -0.1) is 5.10 Å². The molecule has 2 fully saturated rings. The third-order valence-electron chi connectivity index (χ3n) is 4.49. The van der Waals surface area contributed by atoms with Gasteiger partial charge in [0.25, 0.3) is 0 Å². The van der Waals surface area contributed by atoms with E-state index >= 15 is 0 Å². The molecule has 1 aromatic rings. The highest BCUT2D eigenvalue weighted by Crippen LogP contribution is 2.17. The van der Waals surface area contributed by atoms with Gasteiger partial charge in [0.05, 0.1) is 11.8 Å². The van der Waals surface area contributed by atoms with Gasteiger partial charge in [-0.25, -0.2) is 0 Å². The molecule has 3 rings (SSSR count). The van der Waals surface area contributed by atoms with Crippen LogP contribution in [0.2, 0.25) is 0 Å². The maximum Gasteiger partial charge on any atom is 0.151 e. The van der Waals surface area contributed by atoms with Crippen LogP contribution in [0.15, 0.2) is 12.1 Å². The zero-order chi connectivity index (χ0) is 14.5. The first kappa shape index (κ1) is 14.7. The molecule has 116 valence electrons. The molecule has 0 spiro atoms. The Morgan fingerprint density at radius 3 is 2.86 bits per heavy atom. The highest BCUT2D eigenvalue weighted by Gasteiger charge is 2.19. The van der Waals surface area contributed by atoms with Gasteiger partial charge in [-0.05, 0) is 51.3 Å². The van der Waals surface area contributed by atoms with Gasteiger partial charge in [0, 0.05) is 32.8 Å². The van der Waals surface area contributed by atoms with E-state index in [-0.39, 0.29) is 0 Å². The van der Waals surface area contributed by atoms with Gasteiger partial charge >= 0.3 is 0 Å². The first-order valence-electron chi connectivity index (χ1n) is 8.20. The molecule has 5 heteroatoms. The Balaban J connectivity index is 1.48. The normalized spacial score (nSPS) is 24.2. The van der Waals surface area contributed by atoms with Crippen molar-refractivity contribution in [2.45, 2.75) is 38.7 Å². The van der Waals surface area contributed by atoms with E-state index in [1.807, 2.05) is 13.0 Å². The Bertz CT molecular complexity index is 430. The molecule has 21 heavy (non-hydrogen) atoms. The summed E-state index contributed by atoms with van der Waals surface area (Å²) >= 11 is 0. The van der Waals surface area contributed by atoms with Crippen molar-refractivity contribution in [1.82, 2.24) is 15.1 Å². The monoisotopic (exact) mass is 290 g/mol. The van der Waals surface area contributed by atoms with Crippen LogP contribution in [-0.4, -0.2) is 60.5 Å². The smallest absolute Gasteiger partial charge is 0.151 e. The molecule has 0 saturated carbocycles. The third kappa shape index (κ3) is 4.14. The molecule has 3 heterocycles. The molecule has 0 N–H and O–H groups in total. The second-order valence-electron chi connectivity index (χ2n) is 6.14. The lowest BCUT2D eigenvalue weighted by molar-refractivity contribution is 0.0929. The molecule has 2 aliphatic rings. The summed E-state index contributed by atoms with van der Waals surface area (Å²) in [6.45, 7) is 8.52. The van der Waals surface area contributed by atoms with Crippen LogP contribution in [0, 0.1) is 6.92 Å². The van der Waals surface area contributed by atoms with E-state index in [1.54, 1.807) is 0 Å². The molecular formula is C16H26N4O. The summed E-state index contributed by atoms with van der Waals surface area (Å²) in [7, 11) is 0. The van der Waals surface area contributed by atoms with E-state index in [1.165, 1.54) is 32.2 Å². The van der Waals surface area contributed by atoms with Gasteiger partial charge in [-0.2, -0.15) is 5.10 Å². The average Bonchev–Trinajstić information content (AvgIpc) is 2.91. The second kappa shape index (κ2) is 7.18. The summed E-state index contributed by atoms with van der Waals surface area (Å²) < 4.78 is 5.72. The second-order valence-corrected chi connectivity index (χ2v) is 6.14. The molecule has 0 radical (unpaired) electrons. The fourth-order valence-corrected chi connectivity index (χ4v) is 3.18. The maximum atomic E-state index is 5.72. The minimum Gasteiger partial charge on any atom is -0.378 e. The van der Waals surface area contributed by atoms with Gasteiger partial charge in [0.1, 0.15) is 0 Å². The number of ether oxygens (including phenoxy) is 1. The predicted octanol–water partition coefficient (Wildman–Crippen LogP) is 1.87. The SMILES string of the molecule is Cc1ccc(N2CCCN(CCC3CCCO3)CC2)nn1. The van der Waals surface area contributed by atoms with Crippen molar-refractivity contribution < 1.29 is 4.74 Å². The Hall–Kier alpha value is -1.20. The highest BCUT2D eigenvalue weighted by molar-refractivity contribution is 5.37. The average molecular weight is 290 g/mol. The van der Waals surface area contributed by atoms with Crippen LogP contribution in [-0.2, 0) is 4.74 Å². The van der Waals surface area contributed by atoms with Crippen LogP contribution in [0.4, 0.5) is 5.82 Å². The first-order valence-corrected chi connectivity index (χ1v) is 8.20. The molecule has 0 bridgehead atoms. The number of hydrogen-bond acceptors (Lipinski definition) is 5. The number of aromatic nitrogens is 2. The van der Waals surface area contributed by atoms with Crippen molar-refractivity contribution in [3.8, 4) is 0 Å². The Morgan fingerprint density at radius 1 is 1.14 bits per heavy atom. The van der Waals surface area contributed by atoms with Gasteiger partial charge in [0.2, 0.25) is 0 Å². The summed E-state index contributed by atoms with van der Waals surface area (Å²) in [5.74, 6) is 1.02. The fourth-order valence-electron chi connectivity index (χ4n) is 3.18. The van der Waals surface area contributed by atoms with Crippen molar-refractivity contribution in [3.63, 3.8) is 0 Å². The number of rotatable bonds is 4. The molecule has 0 amide bonds. The van der Waals surface area contributed by atoms with E-state index in [9.17, 15) is 0 Å². The standard InChI is InChI=1S/C16H26N4O/c1-14-5-6-16(18-17-14)20-9-3-8-19(11-12-20)10-7-15-4-2-13-21-15/h5-6,15H,2-4,7-13H2,1H3. The molecule has 5 nitrogen and oxygen atoms in total. The van der Waals surface area contributed by atoms with Crippen LogP contribution >= 0.6 is 0 Å². The summed E-state index contributed by atoms with van der Waals surface area (Å²) in [4.78, 5) is 4.93. The molecule has 1 atom stereocenters. The number of nitrogens with zero attached hydrogens (tertiary/aromatic N) is 4. The zero-order valence-electron chi connectivity index (χ0n) is 13.0. The maximum absolute atomic E-state index is 5.72. The summed E-state index contributed by atoms with van der Waals surface area (Å²) in [6, 6.07) is 4.13. The Morgan fingerprint density at radius 2 is 2.10 bits per heavy atom. The minimum absolute atomic E-state index is 0.507. The lowest BCUT2D eigenvalue weighted by atomic mass is 10.2. The Kier molecular flexibility index (Phi) is 5.04. The lowest BCUT2D eigenvalue weighted by Crippen LogP contribution is -2.33. The quantitative estimate of drug-likeness (QED) is 0.847. The van der Waals surface area contributed by atoms with Crippen LogP contribution in [0.5, 0.6) is 0 Å². The minimum atomic E-state index is 0.507. The zero-order valence-corrected chi connectivity index (χ0v) is 13.0. The van der Waals surface area contributed by atoms with Crippen molar-refractivity contribution in [1.29, 1.82) is 0 Å². The molecular weight excluding hydrogens is 264 g/mol. The van der Waals surface area contributed by atoms with Crippen LogP contribution in [0.3, 0.4) is 0 Å². The van der Waals surface area contributed by atoms with Gasteiger partial charge in [-0.1, -0.05) is 0 Å². The fraction of sp³-hybridized carbons (Fsp3) is 0.750. The van der Waals surface area contributed by atoms with Crippen molar-refractivity contribution in [2.24, 2.45) is 0 Å². The van der Waals surface area contributed by atoms with E-state index in [4.69, 9.17) is 4.74 Å². The molecule has 2 aliphatic heterocycles.